The molecule has 15 heavy (non-hydrogen) atoms. The van der Waals surface area contributed by atoms with Crippen LogP contribution in [0, 0.1) is 0 Å². The summed E-state index contributed by atoms with van der Waals surface area (Å²) in [6.45, 7) is 0. The average molecular weight is 244 g/mol. The van der Waals surface area contributed by atoms with Gasteiger partial charge in [-0.15, -0.1) is 5.10 Å². The Morgan fingerprint density at radius 1 is 1.53 bits per heavy atom. The smallest absolute Gasteiger partial charge is 0.0887 e. The second-order valence-corrected chi connectivity index (χ2v) is 4.27. The minimum Gasteiger partial charge on any atom is -0.307 e. The molecule has 2 heterocycles. The van der Waals surface area contributed by atoms with Gasteiger partial charge in [0.2, 0.25) is 0 Å². The molecule has 0 saturated carbocycles. The van der Waals surface area contributed by atoms with Crippen LogP contribution in [0.3, 0.4) is 0 Å². The average Bonchev–Trinajstić information content (AvgIpc) is 2.83. The van der Waals surface area contributed by atoms with Crippen molar-refractivity contribution in [1.82, 2.24) is 24.7 Å². The zero-order valence-electron chi connectivity index (χ0n) is 8.31. The van der Waals surface area contributed by atoms with Crippen LogP contribution in [0.2, 0.25) is 5.02 Å². The van der Waals surface area contributed by atoms with Crippen LogP contribution in [0.15, 0.2) is 12.4 Å². The third-order valence-electron chi connectivity index (χ3n) is 2.16. The molecule has 2 rings (SSSR count). The molecule has 0 aromatic carbocycles. The maximum atomic E-state index is 6.08. The first-order chi connectivity index (χ1) is 7.24. The van der Waals surface area contributed by atoms with Gasteiger partial charge < -0.3 is 5.32 Å². The number of nitrogens with one attached hydrogen (secondary N) is 1. The number of hydrogen-bond acceptors (Lipinski definition) is 5. The molecule has 0 saturated heterocycles. The van der Waals surface area contributed by atoms with Crippen LogP contribution < -0.4 is 5.32 Å². The van der Waals surface area contributed by atoms with E-state index in [9.17, 15) is 0 Å². The molecule has 0 spiro atoms. The van der Waals surface area contributed by atoms with E-state index >= 15 is 0 Å². The van der Waals surface area contributed by atoms with Crippen molar-refractivity contribution >= 4 is 23.1 Å². The SMILES string of the molecule is CNC(c1cnns1)c1c(Cl)cnn1C. The summed E-state index contributed by atoms with van der Waals surface area (Å²) in [6.07, 6.45) is 3.37. The van der Waals surface area contributed by atoms with Crippen molar-refractivity contribution in [1.29, 1.82) is 0 Å². The molecule has 7 heteroatoms. The van der Waals surface area contributed by atoms with Crippen molar-refractivity contribution in [3.8, 4) is 0 Å². The van der Waals surface area contributed by atoms with Crippen LogP contribution in [0.5, 0.6) is 0 Å². The maximum absolute atomic E-state index is 6.08. The van der Waals surface area contributed by atoms with E-state index in [0.29, 0.717) is 5.02 Å². The van der Waals surface area contributed by atoms with Gasteiger partial charge in [-0.3, -0.25) is 4.68 Å². The minimum absolute atomic E-state index is 0.00926. The number of hydrogen-bond donors (Lipinski definition) is 1. The first kappa shape index (κ1) is 10.5. The van der Waals surface area contributed by atoms with Gasteiger partial charge in [-0.1, -0.05) is 16.1 Å². The summed E-state index contributed by atoms with van der Waals surface area (Å²) in [7, 11) is 3.73. The number of halogens is 1. The lowest BCUT2D eigenvalue weighted by Gasteiger charge is -2.14. The summed E-state index contributed by atoms with van der Waals surface area (Å²) < 4.78 is 5.59. The van der Waals surface area contributed by atoms with Crippen LogP contribution in [-0.4, -0.2) is 26.4 Å². The largest absolute Gasteiger partial charge is 0.307 e. The summed E-state index contributed by atoms with van der Waals surface area (Å²) in [5, 5.41) is 11.7. The summed E-state index contributed by atoms with van der Waals surface area (Å²) in [6, 6.07) is -0.00926. The highest BCUT2D eigenvalue weighted by Crippen LogP contribution is 2.28. The second kappa shape index (κ2) is 4.26. The molecule has 0 bridgehead atoms. The van der Waals surface area contributed by atoms with Gasteiger partial charge in [-0.05, 0) is 18.6 Å². The minimum atomic E-state index is -0.00926. The lowest BCUT2D eigenvalue weighted by atomic mass is 10.2. The van der Waals surface area contributed by atoms with Gasteiger partial charge in [-0.2, -0.15) is 5.10 Å². The fourth-order valence-corrected chi connectivity index (χ4v) is 2.35. The summed E-state index contributed by atoms with van der Waals surface area (Å²) >= 11 is 7.42. The highest BCUT2D eigenvalue weighted by atomic mass is 35.5. The third-order valence-corrected chi connectivity index (χ3v) is 3.18. The van der Waals surface area contributed by atoms with Crippen molar-refractivity contribution in [2.45, 2.75) is 6.04 Å². The number of aromatic nitrogens is 4. The molecular weight excluding hydrogens is 234 g/mol. The second-order valence-electron chi connectivity index (χ2n) is 3.04. The van der Waals surface area contributed by atoms with E-state index in [2.05, 4.69) is 20.0 Å². The monoisotopic (exact) mass is 243 g/mol. The maximum Gasteiger partial charge on any atom is 0.0887 e. The van der Waals surface area contributed by atoms with Crippen molar-refractivity contribution in [3.05, 3.63) is 28.0 Å². The van der Waals surface area contributed by atoms with Crippen molar-refractivity contribution < 1.29 is 0 Å². The Kier molecular flexibility index (Phi) is 2.99. The lowest BCUT2D eigenvalue weighted by Crippen LogP contribution is -2.20. The Hall–Kier alpha value is -0.980. The molecule has 0 aliphatic heterocycles. The fourth-order valence-electron chi connectivity index (χ4n) is 1.46. The fraction of sp³-hybridized carbons (Fsp3) is 0.375. The Labute approximate surface area is 96.2 Å². The first-order valence-electron chi connectivity index (χ1n) is 4.36. The van der Waals surface area contributed by atoms with Crippen LogP contribution in [0.1, 0.15) is 16.6 Å². The van der Waals surface area contributed by atoms with Gasteiger partial charge in [0.15, 0.2) is 0 Å². The standard InChI is InChI=1S/C8H10ClN5S/c1-10-7(6-4-11-13-15-6)8-5(9)3-12-14(8)2/h3-4,7,10H,1-2H3. The quantitative estimate of drug-likeness (QED) is 0.881. The van der Waals surface area contributed by atoms with E-state index in [0.717, 1.165) is 10.6 Å². The van der Waals surface area contributed by atoms with E-state index < -0.39 is 0 Å². The molecule has 1 N–H and O–H groups in total. The molecule has 80 valence electrons. The molecule has 0 aliphatic carbocycles. The van der Waals surface area contributed by atoms with Crippen molar-refractivity contribution in [2.24, 2.45) is 7.05 Å². The van der Waals surface area contributed by atoms with Crippen LogP contribution in [-0.2, 0) is 7.05 Å². The normalized spacial score (nSPS) is 13.0. The van der Waals surface area contributed by atoms with E-state index in [1.807, 2.05) is 14.1 Å². The lowest BCUT2D eigenvalue weighted by molar-refractivity contribution is 0.612. The van der Waals surface area contributed by atoms with Gasteiger partial charge >= 0.3 is 0 Å². The molecule has 5 nitrogen and oxygen atoms in total. The number of nitrogens with zero attached hydrogens (tertiary/aromatic N) is 4. The molecule has 2 aromatic rings. The zero-order chi connectivity index (χ0) is 10.8. The molecule has 1 unspecified atom stereocenters. The van der Waals surface area contributed by atoms with Gasteiger partial charge in [0.1, 0.15) is 0 Å². The summed E-state index contributed by atoms with van der Waals surface area (Å²) in [5.41, 5.74) is 0.921. The molecule has 0 fully saturated rings. The Morgan fingerprint density at radius 3 is 2.80 bits per heavy atom. The predicted octanol–water partition coefficient (Wildman–Crippen LogP) is 1.23. The molecule has 2 aromatic heterocycles. The van der Waals surface area contributed by atoms with Gasteiger partial charge in [0.05, 0.1) is 34.0 Å². The van der Waals surface area contributed by atoms with Crippen LogP contribution >= 0.6 is 23.1 Å². The Morgan fingerprint density at radius 2 is 2.33 bits per heavy atom. The predicted molar refractivity (Wildman–Crippen MR) is 59.0 cm³/mol. The molecular formula is C8H10ClN5S. The van der Waals surface area contributed by atoms with Crippen LogP contribution in [0.25, 0.3) is 0 Å². The van der Waals surface area contributed by atoms with Gasteiger partial charge in [0.25, 0.3) is 0 Å². The molecule has 1 atom stereocenters. The number of aryl methyl sites for hydroxylation is 1. The van der Waals surface area contributed by atoms with E-state index in [-0.39, 0.29) is 6.04 Å². The Balaban J connectivity index is 2.44. The van der Waals surface area contributed by atoms with E-state index in [1.54, 1.807) is 17.1 Å². The highest BCUT2D eigenvalue weighted by molar-refractivity contribution is 7.05. The van der Waals surface area contributed by atoms with E-state index in [4.69, 9.17) is 11.6 Å². The highest BCUT2D eigenvalue weighted by Gasteiger charge is 2.20. The molecule has 0 aliphatic rings. The van der Waals surface area contributed by atoms with Crippen LogP contribution in [0.4, 0.5) is 0 Å². The van der Waals surface area contributed by atoms with Crippen molar-refractivity contribution in [2.75, 3.05) is 7.05 Å². The summed E-state index contributed by atoms with van der Waals surface area (Å²) in [4.78, 5) is 1.02. The Bertz CT molecular complexity index is 418. The van der Waals surface area contributed by atoms with Gasteiger partial charge in [-0.25, -0.2) is 0 Å². The molecule has 0 radical (unpaired) electrons. The topological polar surface area (TPSA) is 55.6 Å². The van der Waals surface area contributed by atoms with E-state index in [1.165, 1.54) is 11.5 Å². The van der Waals surface area contributed by atoms with Gasteiger partial charge in [0, 0.05) is 7.05 Å². The molecule has 0 amide bonds. The third kappa shape index (κ3) is 1.88. The number of rotatable bonds is 3. The zero-order valence-corrected chi connectivity index (χ0v) is 9.88. The van der Waals surface area contributed by atoms with Crippen molar-refractivity contribution in [3.63, 3.8) is 0 Å². The summed E-state index contributed by atoms with van der Waals surface area (Å²) in [5.74, 6) is 0. The first-order valence-corrected chi connectivity index (χ1v) is 5.51.